The lowest BCUT2D eigenvalue weighted by Crippen LogP contribution is -2.61. The van der Waals surface area contributed by atoms with E-state index in [2.05, 4.69) is 69.1 Å². The van der Waals surface area contributed by atoms with Gasteiger partial charge < -0.3 is 132 Å². The fourth-order valence-corrected chi connectivity index (χ4v) is 11.1. The number of carbonyl (C=O) groups excluding carboxylic acids is 13. The summed E-state index contributed by atoms with van der Waals surface area (Å²) in [4.78, 5) is 253. The normalized spacial score (nSPS) is 14.6. The summed E-state index contributed by atoms with van der Waals surface area (Å²) in [6.07, 6.45) is -7.98. The van der Waals surface area contributed by atoms with Crippen molar-refractivity contribution in [3.05, 3.63) is 65.7 Å². The molecule has 0 aliphatic rings. The highest BCUT2D eigenvalue weighted by atomic mass is 16.4. The quantitative estimate of drug-likeness (QED) is 0.0166. The van der Waals surface area contributed by atoms with Gasteiger partial charge in [0.05, 0.1) is 26.2 Å². The van der Waals surface area contributed by atoms with E-state index in [0.29, 0.717) is 5.56 Å². The highest BCUT2D eigenvalue weighted by Gasteiger charge is 2.39. The van der Waals surface area contributed by atoms with Gasteiger partial charge in [0, 0.05) is 45.1 Å². The van der Waals surface area contributed by atoms with Crippen molar-refractivity contribution in [2.45, 2.75) is 216 Å². The maximum atomic E-state index is 14.7. The molecule has 13 amide bonds. The van der Waals surface area contributed by atoms with Gasteiger partial charge in [0.15, 0.2) is 5.96 Å². The molecule has 0 saturated carbocycles. The number of phenols is 1. The summed E-state index contributed by atoms with van der Waals surface area (Å²) in [7, 11) is 0. The zero-order chi connectivity index (χ0) is 89.2. The second-order valence-electron chi connectivity index (χ2n) is 28.3. The standard InChI is InChI=1S/C73H109N17O28/c1-7-37(6)59(71(116)83-44(21-25-55(99)100)63(108)87-49(30-39-15-17-40(93)18-16-39)65(110)81-43(20-24-54(97)98)62(107)86-48(29-38-12-9-8-10-13-38)66(111)84-46(72(117)118)14-11-27-77-73(75)76)90-68(113)47(28-35(2)3)85-69(114)51(34-92)79-52(94)32-78-70(115)58(36(4)5)89-64(109)45(22-26-56(101)102)82-67(112)50(31-57(103)104)88-61(106)42(19-23-53(95)96)80-60(105)41(74)33-91/h8-10,12-13,15-18,35-37,41-51,58-59,91-93H,7,11,14,19-34,74H2,1-6H3,(H,78,115)(H,79,94)(H,80,105)(H,81,110)(H,82,112)(H,83,116)(H,84,111)(H,85,114)(H,86,107)(H,87,108)(H,88,106)(H,89,109)(H,90,113)(H,95,96)(H,97,98)(H,99,100)(H,101,102)(H,103,104)(H,117,118)(H4,75,76,77)/t37-,41-,42-,43-,44-,45-,46-,47-,48-,49-,50-,51-,58-,59-/m0/s1. The minimum atomic E-state index is -2.10. The number of carbonyl (C=O) groups is 19. The molecule has 0 spiro atoms. The number of aliphatic hydroxyl groups is 2. The summed E-state index contributed by atoms with van der Waals surface area (Å²) < 4.78 is 0. The molecule has 0 unspecified atom stereocenters. The summed E-state index contributed by atoms with van der Waals surface area (Å²) in [6.45, 7) is 6.17. The van der Waals surface area contributed by atoms with Crippen LogP contribution in [-0.4, -0.2) is 269 Å². The van der Waals surface area contributed by atoms with Crippen LogP contribution in [0.15, 0.2) is 54.6 Å². The highest BCUT2D eigenvalue weighted by molar-refractivity contribution is 6.01. The minimum absolute atomic E-state index is 0.0585. The Morgan fingerprint density at radius 3 is 1.19 bits per heavy atom. The first-order valence-corrected chi connectivity index (χ1v) is 37.5. The van der Waals surface area contributed by atoms with E-state index in [9.17, 15) is 137 Å². The fraction of sp³-hybridized carbons (Fsp3) is 0.562. The van der Waals surface area contributed by atoms with Gasteiger partial charge in [-0.2, -0.15) is 0 Å². The SMILES string of the molecule is CC[C@H](C)[C@H](NC(=O)[C@H](CC(C)C)NC(=O)[C@H](CO)NC(=O)CNC(=O)[C@@H](NC(=O)[C@H](CCC(=O)O)NC(=O)[C@H](CC(=O)O)NC(=O)[C@H](CCC(=O)O)NC(=O)[C@@H](N)CO)C(C)C)C(=O)N[C@@H](CCC(=O)O)C(=O)N[C@@H](Cc1ccc(O)cc1)C(=O)N[C@@H](CCC(=O)O)C(=O)N[C@@H](Cc1ccccc1)C(=O)N[C@@H](CCCNC(=N)N)C(=O)O. The molecule has 0 aliphatic carbocycles. The van der Waals surface area contributed by atoms with Crippen LogP contribution in [0.3, 0.4) is 0 Å². The first-order chi connectivity index (χ1) is 55.4. The summed E-state index contributed by atoms with van der Waals surface area (Å²) >= 11 is 0. The van der Waals surface area contributed by atoms with Crippen molar-refractivity contribution in [1.82, 2.24) is 74.4 Å². The molecular weight excluding hydrogens is 1560 g/mol. The molecule has 654 valence electrons. The predicted molar refractivity (Wildman–Crippen MR) is 411 cm³/mol. The number of hydrogen-bond acceptors (Lipinski definition) is 24. The Balaban J connectivity index is 2.47. The highest BCUT2D eigenvalue weighted by Crippen LogP contribution is 2.17. The largest absolute Gasteiger partial charge is 0.508 e. The van der Waals surface area contributed by atoms with Gasteiger partial charge in [-0.15, -0.1) is 0 Å². The second-order valence-corrected chi connectivity index (χ2v) is 28.3. The van der Waals surface area contributed by atoms with Crippen LogP contribution in [-0.2, 0) is 104 Å². The van der Waals surface area contributed by atoms with E-state index in [1.807, 2.05) is 5.32 Å². The van der Waals surface area contributed by atoms with Crippen LogP contribution in [0.4, 0.5) is 0 Å². The Morgan fingerprint density at radius 1 is 0.398 bits per heavy atom. The van der Waals surface area contributed by atoms with Gasteiger partial charge >= 0.3 is 35.8 Å². The van der Waals surface area contributed by atoms with E-state index in [1.165, 1.54) is 45.0 Å². The van der Waals surface area contributed by atoms with E-state index in [-0.39, 0.29) is 50.0 Å². The number of benzene rings is 2. The van der Waals surface area contributed by atoms with Gasteiger partial charge in [0.25, 0.3) is 0 Å². The van der Waals surface area contributed by atoms with Gasteiger partial charge in [0.2, 0.25) is 76.8 Å². The summed E-state index contributed by atoms with van der Waals surface area (Å²) in [5.41, 5.74) is 11.5. The number of nitrogens with two attached hydrogens (primary N) is 2. The first-order valence-electron chi connectivity index (χ1n) is 37.5. The van der Waals surface area contributed by atoms with E-state index < -0.39 is 299 Å². The summed E-state index contributed by atoms with van der Waals surface area (Å²) in [5.74, 6) is -27.2. The Bertz CT molecular complexity index is 3830. The molecule has 118 heavy (non-hydrogen) atoms. The number of carboxylic acid groups (broad SMARTS) is 6. The van der Waals surface area contributed by atoms with Crippen molar-refractivity contribution < 1.29 is 137 Å². The van der Waals surface area contributed by atoms with Gasteiger partial charge in [-0.1, -0.05) is 90.4 Å². The van der Waals surface area contributed by atoms with Gasteiger partial charge in [-0.3, -0.25) is 91.7 Å². The van der Waals surface area contributed by atoms with Crippen molar-refractivity contribution in [3.63, 3.8) is 0 Å². The van der Waals surface area contributed by atoms with E-state index >= 15 is 0 Å². The van der Waals surface area contributed by atoms with Gasteiger partial charge in [-0.25, -0.2) is 4.79 Å². The minimum Gasteiger partial charge on any atom is -0.508 e. The summed E-state index contributed by atoms with van der Waals surface area (Å²) in [6, 6.07) is -9.54. The fourth-order valence-electron chi connectivity index (χ4n) is 11.1. The third-order valence-electron chi connectivity index (χ3n) is 17.8. The molecule has 0 saturated heterocycles. The topological polar surface area (TPSA) is 751 Å². The van der Waals surface area contributed by atoms with Crippen LogP contribution in [0.2, 0.25) is 0 Å². The average Bonchev–Trinajstić information content (AvgIpc) is 0.832. The molecule has 2 rings (SSSR count). The van der Waals surface area contributed by atoms with Crippen molar-refractivity contribution in [1.29, 1.82) is 5.41 Å². The molecule has 0 heterocycles. The van der Waals surface area contributed by atoms with Crippen LogP contribution in [0.5, 0.6) is 5.75 Å². The number of amides is 13. The lowest BCUT2D eigenvalue weighted by Gasteiger charge is -2.30. The van der Waals surface area contributed by atoms with Crippen LogP contribution < -0.4 is 85.9 Å². The number of guanidine groups is 1. The molecule has 2 aromatic carbocycles. The van der Waals surface area contributed by atoms with E-state index in [4.69, 9.17) is 16.9 Å². The molecule has 0 aliphatic heterocycles. The Labute approximate surface area is 676 Å². The number of aromatic hydroxyl groups is 1. The van der Waals surface area contributed by atoms with Crippen LogP contribution in [0, 0.1) is 23.2 Å². The lowest BCUT2D eigenvalue weighted by molar-refractivity contribution is -0.143. The lowest BCUT2D eigenvalue weighted by atomic mass is 9.96. The smallest absolute Gasteiger partial charge is 0.326 e. The third-order valence-corrected chi connectivity index (χ3v) is 17.8. The Kier molecular flexibility index (Phi) is 44.7. The number of nitrogens with one attached hydrogen (secondary N) is 15. The Morgan fingerprint density at radius 2 is 0.780 bits per heavy atom. The molecule has 2 aromatic rings. The molecular formula is C73H109N17O28. The second kappa shape index (κ2) is 52.0. The summed E-state index contributed by atoms with van der Waals surface area (Å²) in [5, 5.41) is 128. The molecule has 14 atom stereocenters. The van der Waals surface area contributed by atoms with Gasteiger partial charge in [-0.05, 0) is 86.0 Å². The van der Waals surface area contributed by atoms with Crippen molar-refractivity contribution >= 4 is 119 Å². The van der Waals surface area contributed by atoms with E-state index in [1.54, 1.807) is 51.1 Å². The molecule has 0 radical (unpaired) electrons. The zero-order valence-electron chi connectivity index (χ0n) is 65.8. The molecule has 0 bridgehead atoms. The average molecular weight is 1670 g/mol. The first kappa shape index (κ1) is 101. The number of carboxylic acids is 6. The van der Waals surface area contributed by atoms with Crippen molar-refractivity contribution in [3.8, 4) is 5.75 Å². The monoisotopic (exact) mass is 1670 g/mol. The molecule has 0 fully saturated rings. The van der Waals surface area contributed by atoms with Crippen LogP contribution >= 0.6 is 0 Å². The number of aliphatic hydroxyl groups excluding tert-OH is 2. The molecule has 45 heteroatoms. The van der Waals surface area contributed by atoms with Gasteiger partial charge in [0.1, 0.15) is 84.3 Å². The molecule has 0 aromatic heterocycles. The number of hydrogen-bond donors (Lipinski definition) is 26. The number of rotatable bonds is 56. The number of aliphatic carboxylic acids is 6. The maximum Gasteiger partial charge on any atom is 0.326 e. The molecule has 28 N–H and O–H groups in total. The van der Waals surface area contributed by atoms with Crippen LogP contribution in [0.25, 0.3) is 0 Å². The van der Waals surface area contributed by atoms with E-state index in [0.717, 1.165) is 0 Å². The predicted octanol–water partition coefficient (Wildman–Crippen LogP) is -6.55. The zero-order valence-corrected chi connectivity index (χ0v) is 65.8. The maximum absolute atomic E-state index is 14.7. The number of phenolic OH excluding ortho intramolecular Hbond substituents is 1. The van der Waals surface area contributed by atoms with Crippen molar-refractivity contribution in [2.24, 2.45) is 29.2 Å². The molecule has 45 nitrogen and oxygen atoms in total. The van der Waals surface area contributed by atoms with Crippen LogP contribution in [0.1, 0.15) is 136 Å². The Hall–Kier alpha value is -12.7. The van der Waals surface area contributed by atoms with Crippen molar-refractivity contribution in [2.75, 3.05) is 26.3 Å². The third kappa shape index (κ3) is 38.6.